The van der Waals surface area contributed by atoms with E-state index in [1.165, 1.54) is 6.07 Å². The van der Waals surface area contributed by atoms with Crippen LogP contribution in [0.3, 0.4) is 0 Å². The number of imidazole rings is 1. The zero-order valence-electron chi connectivity index (χ0n) is 13.9. The van der Waals surface area contributed by atoms with Crippen molar-refractivity contribution in [1.29, 1.82) is 0 Å². The third-order valence-electron chi connectivity index (χ3n) is 4.05. The second kappa shape index (κ2) is 7.31. The third-order valence-corrected chi connectivity index (χ3v) is 4.05. The molecule has 1 N–H and O–H groups in total. The van der Waals surface area contributed by atoms with Crippen molar-refractivity contribution in [2.45, 2.75) is 45.6 Å². The zero-order valence-corrected chi connectivity index (χ0v) is 13.9. The van der Waals surface area contributed by atoms with Gasteiger partial charge in [0.15, 0.2) is 0 Å². The summed E-state index contributed by atoms with van der Waals surface area (Å²) in [6, 6.07) is 7.42. The Morgan fingerprint density at radius 3 is 2.72 bits per heavy atom. The molecule has 25 heavy (non-hydrogen) atoms. The number of nitrogens with zero attached hydrogens (tertiary/aromatic N) is 2. The van der Waals surface area contributed by atoms with Crippen LogP contribution in [0.4, 0.5) is 13.2 Å². The summed E-state index contributed by atoms with van der Waals surface area (Å²) in [5.74, 6) is 1.53. The summed E-state index contributed by atoms with van der Waals surface area (Å²) in [5, 5.41) is 3.23. The van der Waals surface area contributed by atoms with Crippen molar-refractivity contribution in [1.82, 2.24) is 14.9 Å². The van der Waals surface area contributed by atoms with Gasteiger partial charge >= 0.3 is 6.18 Å². The van der Waals surface area contributed by atoms with Gasteiger partial charge in [0.05, 0.1) is 35.9 Å². The maximum atomic E-state index is 12.9. The standard InChI is InChI=1S/C18H20F3N3O/c1-2-3-8-24-16-7-6-13(18(19,20)21)10-15(16)23-17(24)12-22-11-14-5-4-9-25-14/h4-7,9-10,22H,2-3,8,11-12H2,1H3. The summed E-state index contributed by atoms with van der Waals surface area (Å²) in [5.41, 5.74) is 0.437. The van der Waals surface area contributed by atoms with Crippen LogP contribution in [0.5, 0.6) is 0 Å². The Kier molecular flexibility index (Phi) is 5.13. The maximum Gasteiger partial charge on any atom is 0.416 e. The average molecular weight is 351 g/mol. The van der Waals surface area contributed by atoms with Gasteiger partial charge in [0.2, 0.25) is 0 Å². The SMILES string of the molecule is CCCCn1c(CNCc2ccco2)nc2cc(C(F)(F)F)ccc21. The van der Waals surface area contributed by atoms with Crippen LogP contribution in [0, 0.1) is 0 Å². The van der Waals surface area contributed by atoms with E-state index in [-0.39, 0.29) is 0 Å². The Labute approximate surface area is 143 Å². The minimum absolute atomic E-state index is 0.376. The van der Waals surface area contributed by atoms with Crippen molar-refractivity contribution in [3.63, 3.8) is 0 Å². The number of aromatic nitrogens is 2. The molecule has 0 amide bonds. The molecule has 0 aliphatic carbocycles. The first-order valence-corrected chi connectivity index (χ1v) is 8.28. The van der Waals surface area contributed by atoms with Crippen LogP contribution >= 0.6 is 0 Å². The number of hydrogen-bond donors (Lipinski definition) is 1. The lowest BCUT2D eigenvalue weighted by molar-refractivity contribution is -0.137. The van der Waals surface area contributed by atoms with Gasteiger partial charge in [-0.15, -0.1) is 0 Å². The predicted molar refractivity (Wildman–Crippen MR) is 88.9 cm³/mol. The Bertz CT molecular complexity index is 822. The molecule has 7 heteroatoms. The average Bonchev–Trinajstić information content (AvgIpc) is 3.19. The molecule has 0 bridgehead atoms. The van der Waals surface area contributed by atoms with Crippen molar-refractivity contribution in [2.24, 2.45) is 0 Å². The normalized spacial score (nSPS) is 12.2. The van der Waals surface area contributed by atoms with E-state index in [9.17, 15) is 13.2 Å². The van der Waals surface area contributed by atoms with Gasteiger partial charge < -0.3 is 14.3 Å². The number of benzene rings is 1. The van der Waals surface area contributed by atoms with E-state index in [2.05, 4.69) is 17.2 Å². The summed E-state index contributed by atoms with van der Waals surface area (Å²) < 4.78 is 46.0. The highest BCUT2D eigenvalue weighted by molar-refractivity contribution is 5.77. The fraction of sp³-hybridized carbons (Fsp3) is 0.389. The largest absolute Gasteiger partial charge is 0.468 e. The summed E-state index contributed by atoms with van der Waals surface area (Å²) >= 11 is 0. The van der Waals surface area contributed by atoms with E-state index in [1.54, 1.807) is 6.26 Å². The molecule has 3 aromatic rings. The molecule has 0 saturated heterocycles. The highest BCUT2D eigenvalue weighted by atomic mass is 19.4. The smallest absolute Gasteiger partial charge is 0.416 e. The second-order valence-corrected chi connectivity index (χ2v) is 5.92. The number of unbranched alkanes of at least 4 members (excludes halogenated alkanes) is 1. The molecule has 4 nitrogen and oxygen atoms in total. The Morgan fingerprint density at radius 2 is 2.04 bits per heavy atom. The Morgan fingerprint density at radius 1 is 1.20 bits per heavy atom. The third kappa shape index (κ3) is 4.04. The fourth-order valence-electron chi connectivity index (χ4n) is 2.77. The van der Waals surface area contributed by atoms with Crippen molar-refractivity contribution in [3.8, 4) is 0 Å². The number of nitrogens with one attached hydrogen (secondary N) is 1. The highest BCUT2D eigenvalue weighted by Crippen LogP contribution is 2.31. The molecule has 0 atom stereocenters. The van der Waals surface area contributed by atoms with Gasteiger partial charge in [-0.25, -0.2) is 4.98 Å². The molecule has 3 rings (SSSR count). The van der Waals surface area contributed by atoms with Crippen molar-refractivity contribution in [2.75, 3.05) is 0 Å². The number of aryl methyl sites for hydroxylation is 1. The van der Waals surface area contributed by atoms with Crippen molar-refractivity contribution < 1.29 is 17.6 Å². The monoisotopic (exact) mass is 351 g/mol. The Balaban J connectivity index is 1.86. The van der Waals surface area contributed by atoms with Gasteiger partial charge in [0.1, 0.15) is 11.6 Å². The first-order valence-electron chi connectivity index (χ1n) is 8.28. The molecular formula is C18H20F3N3O. The van der Waals surface area contributed by atoms with Crippen LogP contribution in [-0.2, 0) is 25.8 Å². The molecule has 0 fully saturated rings. The second-order valence-electron chi connectivity index (χ2n) is 5.92. The van der Waals surface area contributed by atoms with Crippen LogP contribution in [0.25, 0.3) is 11.0 Å². The summed E-state index contributed by atoms with van der Waals surface area (Å²) in [6.45, 7) is 3.81. The summed E-state index contributed by atoms with van der Waals surface area (Å²) in [4.78, 5) is 4.43. The zero-order chi connectivity index (χ0) is 17.9. The van der Waals surface area contributed by atoms with Gasteiger partial charge in [-0.05, 0) is 36.8 Å². The first kappa shape index (κ1) is 17.5. The quantitative estimate of drug-likeness (QED) is 0.669. The molecule has 134 valence electrons. The molecule has 0 aliphatic heterocycles. The van der Waals surface area contributed by atoms with E-state index in [4.69, 9.17) is 4.42 Å². The van der Waals surface area contributed by atoms with Gasteiger partial charge in [0.25, 0.3) is 0 Å². The van der Waals surface area contributed by atoms with Gasteiger partial charge in [-0.1, -0.05) is 13.3 Å². The molecule has 0 radical (unpaired) electrons. The summed E-state index contributed by atoms with van der Waals surface area (Å²) in [7, 11) is 0. The van der Waals surface area contributed by atoms with Crippen molar-refractivity contribution >= 4 is 11.0 Å². The number of furan rings is 1. The topological polar surface area (TPSA) is 43.0 Å². The maximum absolute atomic E-state index is 12.9. The molecule has 2 heterocycles. The molecule has 0 unspecified atom stereocenters. The minimum Gasteiger partial charge on any atom is -0.468 e. The lowest BCUT2D eigenvalue weighted by Gasteiger charge is -2.10. The molecular weight excluding hydrogens is 331 g/mol. The van der Waals surface area contributed by atoms with Gasteiger partial charge in [0, 0.05) is 6.54 Å². The minimum atomic E-state index is -4.36. The summed E-state index contributed by atoms with van der Waals surface area (Å²) in [6.07, 6.45) is -0.817. The number of hydrogen-bond acceptors (Lipinski definition) is 3. The van der Waals surface area contributed by atoms with Crippen molar-refractivity contribution in [3.05, 3.63) is 53.7 Å². The number of fused-ring (bicyclic) bond motifs is 1. The van der Waals surface area contributed by atoms with E-state index < -0.39 is 11.7 Å². The number of halogens is 3. The predicted octanol–water partition coefficient (Wildman–Crippen LogP) is 4.74. The molecule has 0 spiro atoms. The van der Waals surface area contributed by atoms with Crippen LogP contribution in [-0.4, -0.2) is 9.55 Å². The molecule has 0 aliphatic rings. The molecule has 1 aromatic carbocycles. The van der Waals surface area contributed by atoms with Crippen LogP contribution < -0.4 is 5.32 Å². The molecule has 2 aromatic heterocycles. The highest BCUT2D eigenvalue weighted by Gasteiger charge is 2.31. The van der Waals surface area contributed by atoms with E-state index >= 15 is 0 Å². The van der Waals surface area contributed by atoms with Crippen LogP contribution in [0.2, 0.25) is 0 Å². The first-order chi connectivity index (χ1) is 12.0. The number of alkyl halides is 3. The van der Waals surface area contributed by atoms with E-state index in [1.807, 2.05) is 16.7 Å². The lowest BCUT2D eigenvalue weighted by atomic mass is 10.2. The van der Waals surface area contributed by atoms with E-state index in [0.717, 1.165) is 48.6 Å². The fourth-order valence-corrected chi connectivity index (χ4v) is 2.77. The van der Waals surface area contributed by atoms with Gasteiger partial charge in [-0.3, -0.25) is 0 Å². The number of rotatable bonds is 7. The molecule has 0 saturated carbocycles. The Hall–Kier alpha value is -2.28. The van der Waals surface area contributed by atoms with Gasteiger partial charge in [-0.2, -0.15) is 13.2 Å². The van der Waals surface area contributed by atoms with Crippen LogP contribution in [0.15, 0.2) is 41.0 Å². The van der Waals surface area contributed by atoms with Crippen LogP contribution in [0.1, 0.15) is 36.9 Å². The van der Waals surface area contributed by atoms with E-state index in [0.29, 0.717) is 18.6 Å². The lowest BCUT2D eigenvalue weighted by Crippen LogP contribution is -2.16.